The van der Waals surface area contributed by atoms with Gasteiger partial charge in [0.1, 0.15) is 0 Å². The fourth-order valence-electron chi connectivity index (χ4n) is 3.22. The summed E-state index contributed by atoms with van der Waals surface area (Å²) in [6, 6.07) is 3.66. The summed E-state index contributed by atoms with van der Waals surface area (Å²) in [6.45, 7) is 0.883. The molecule has 0 spiro atoms. The van der Waals surface area contributed by atoms with Gasteiger partial charge >= 0.3 is 0 Å². The summed E-state index contributed by atoms with van der Waals surface area (Å²) >= 11 is 14.2. The lowest BCUT2D eigenvalue weighted by molar-refractivity contribution is 0.363. The first-order valence-electron chi connectivity index (χ1n) is 7.21. The van der Waals surface area contributed by atoms with Crippen LogP contribution in [0, 0.1) is 0 Å². The summed E-state index contributed by atoms with van der Waals surface area (Å²) in [4.78, 5) is 4.43. The van der Waals surface area contributed by atoms with Crippen LogP contribution in [0.2, 0.25) is 10.0 Å². The topological polar surface area (TPSA) is 43.8 Å². The Hall–Kier alpha value is -0.580. The van der Waals surface area contributed by atoms with Crippen LogP contribution in [-0.4, -0.2) is 20.6 Å². The summed E-state index contributed by atoms with van der Waals surface area (Å²) < 4.78 is 2.35. The van der Waals surface area contributed by atoms with Gasteiger partial charge in [0.15, 0.2) is 0 Å². The molecule has 1 fully saturated rings. The van der Waals surface area contributed by atoms with Crippen LogP contribution < -0.4 is 5.73 Å². The van der Waals surface area contributed by atoms with Gasteiger partial charge in [0.25, 0.3) is 0 Å². The van der Waals surface area contributed by atoms with Crippen molar-refractivity contribution < 1.29 is 0 Å². The molecule has 0 saturated heterocycles. The highest BCUT2D eigenvalue weighted by atomic mass is 35.5. The van der Waals surface area contributed by atoms with E-state index in [9.17, 15) is 0 Å². The maximum absolute atomic E-state index is 6.16. The van der Waals surface area contributed by atoms with Crippen molar-refractivity contribution in [2.45, 2.75) is 43.4 Å². The molecule has 1 aromatic carbocycles. The summed E-state index contributed by atoms with van der Waals surface area (Å²) in [7, 11) is 0. The number of anilines is 1. The lowest BCUT2D eigenvalue weighted by Gasteiger charge is -2.36. The molecule has 1 aromatic heterocycles. The molecule has 2 aromatic rings. The van der Waals surface area contributed by atoms with Crippen LogP contribution in [0.15, 0.2) is 12.1 Å². The van der Waals surface area contributed by atoms with Crippen LogP contribution in [0.5, 0.6) is 0 Å². The molecule has 0 bridgehead atoms. The average Bonchev–Trinajstić information content (AvgIpc) is 2.76. The van der Waals surface area contributed by atoms with Crippen molar-refractivity contribution in [2.75, 3.05) is 12.0 Å². The fraction of sp³-hybridized carbons (Fsp3) is 0.533. The Labute approximate surface area is 139 Å². The zero-order chi connectivity index (χ0) is 15.0. The third-order valence-corrected chi connectivity index (χ3v) is 6.59. The molecule has 114 valence electrons. The van der Waals surface area contributed by atoms with E-state index in [1.165, 1.54) is 32.1 Å². The minimum atomic E-state index is 0.256. The van der Waals surface area contributed by atoms with E-state index >= 15 is 0 Å². The molecule has 1 saturated carbocycles. The van der Waals surface area contributed by atoms with Crippen molar-refractivity contribution in [3.8, 4) is 0 Å². The predicted octanol–water partition coefficient (Wildman–Crippen LogP) is 4.99. The maximum atomic E-state index is 6.16. The van der Waals surface area contributed by atoms with Crippen LogP contribution in [0.3, 0.4) is 0 Å². The van der Waals surface area contributed by atoms with Gasteiger partial charge in [0.05, 0.1) is 21.1 Å². The molecule has 2 N–H and O–H groups in total. The Bertz CT molecular complexity index is 662. The van der Waals surface area contributed by atoms with Gasteiger partial charge < -0.3 is 10.3 Å². The van der Waals surface area contributed by atoms with E-state index in [2.05, 4.69) is 15.8 Å². The van der Waals surface area contributed by atoms with Gasteiger partial charge in [-0.25, -0.2) is 4.98 Å². The second-order valence-corrected chi connectivity index (χ2v) is 7.85. The molecule has 0 atom stereocenters. The van der Waals surface area contributed by atoms with Crippen LogP contribution in [-0.2, 0) is 6.54 Å². The average molecular weight is 344 g/mol. The van der Waals surface area contributed by atoms with E-state index in [1.807, 2.05) is 17.8 Å². The number of fused-ring (bicyclic) bond motifs is 1. The smallest absolute Gasteiger partial charge is 0.201 e. The van der Waals surface area contributed by atoms with Crippen molar-refractivity contribution in [1.29, 1.82) is 0 Å². The first-order chi connectivity index (χ1) is 10.0. The molecule has 6 heteroatoms. The molecule has 0 radical (unpaired) electrons. The summed E-state index contributed by atoms with van der Waals surface area (Å²) in [5.41, 5.74) is 7.93. The molecule has 1 aliphatic carbocycles. The van der Waals surface area contributed by atoms with Crippen LogP contribution >= 0.6 is 35.0 Å². The molecule has 3 rings (SSSR count). The quantitative estimate of drug-likeness (QED) is 0.853. The molecule has 0 amide bonds. The molecule has 21 heavy (non-hydrogen) atoms. The zero-order valence-electron chi connectivity index (χ0n) is 12.0. The Balaban J connectivity index is 2.03. The largest absolute Gasteiger partial charge is 0.369 e. The summed E-state index contributed by atoms with van der Waals surface area (Å²) in [5.74, 6) is 0.544. The van der Waals surface area contributed by atoms with Crippen molar-refractivity contribution >= 4 is 51.9 Å². The molecule has 0 aliphatic heterocycles. The van der Waals surface area contributed by atoms with E-state index in [0.717, 1.165) is 17.6 Å². The van der Waals surface area contributed by atoms with Crippen molar-refractivity contribution in [2.24, 2.45) is 0 Å². The van der Waals surface area contributed by atoms with Gasteiger partial charge in [-0.15, -0.1) is 0 Å². The summed E-state index contributed by atoms with van der Waals surface area (Å²) in [5, 5.41) is 1.07. The van der Waals surface area contributed by atoms with Gasteiger partial charge in [-0.1, -0.05) is 42.5 Å². The highest BCUT2D eigenvalue weighted by molar-refractivity contribution is 8.00. The third-order valence-electron chi connectivity index (χ3n) is 4.46. The second-order valence-electron chi connectivity index (χ2n) is 5.76. The Morgan fingerprint density at radius 1 is 1.24 bits per heavy atom. The van der Waals surface area contributed by atoms with E-state index in [-0.39, 0.29) is 4.75 Å². The van der Waals surface area contributed by atoms with E-state index in [1.54, 1.807) is 6.07 Å². The predicted molar refractivity (Wildman–Crippen MR) is 93.5 cm³/mol. The number of benzene rings is 1. The van der Waals surface area contributed by atoms with Crippen LogP contribution in [0.4, 0.5) is 5.95 Å². The first kappa shape index (κ1) is 15.3. The number of halogens is 2. The number of nitrogen functional groups attached to an aromatic ring is 1. The van der Waals surface area contributed by atoms with Gasteiger partial charge in [-0.2, -0.15) is 11.8 Å². The van der Waals surface area contributed by atoms with Gasteiger partial charge in [0, 0.05) is 11.3 Å². The molecule has 3 nitrogen and oxygen atoms in total. The van der Waals surface area contributed by atoms with Crippen molar-refractivity contribution in [1.82, 2.24) is 9.55 Å². The van der Waals surface area contributed by atoms with Gasteiger partial charge in [-0.3, -0.25) is 0 Å². The molecular formula is C15H19Cl2N3S. The summed E-state index contributed by atoms with van der Waals surface area (Å²) in [6.07, 6.45) is 8.58. The lowest BCUT2D eigenvalue weighted by atomic mass is 9.88. The molecule has 1 heterocycles. The monoisotopic (exact) mass is 343 g/mol. The van der Waals surface area contributed by atoms with Crippen molar-refractivity contribution in [3.63, 3.8) is 0 Å². The number of rotatable bonds is 3. The van der Waals surface area contributed by atoms with E-state index < -0.39 is 0 Å². The van der Waals surface area contributed by atoms with Crippen LogP contribution in [0.1, 0.15) is 32.1 Å². The fourth-order valence-corrected chi connectivity index (χ4v) is 4.49. The Morgan fingerprint density at radius 3 is 2.57 bits per heavy atom. The van der Waals surface area contributed by atoms with Crippen molar-refractivity contribution in [3.05, 3.63) is 22.2 Å². The highest BCUT2D eigenvalue weighted by Crippen LogP contribution is 2.41. The number of hydrogen-bond donors (Lipinski definition) is 1. The third kappa shape index (κ3) is 2.86. The number of imidazole rings is 1. The van der Waals surface area contributed by atoms with Gasteiger partial charge in [0.2, 0.25) is 5.95 Å². The SMILES string of the molecule is CSC1(Cn2c(N)nc3cc(Cl)c(Cl)cc32)CCCCC1. The Morgan fingerprint density at radius 2 is 1.90 bits per heavy atom. The van der Waals surface area contributed by atoms with Gasteiger partial charge in [-0.05, 0) is 31.2 Å². The number of aromatic nitrogens is 2. The van der Waals surface area contributed by atoms with Crippen LogP contribution in [0.25, 0.3) is 11.0 Å². The standard InChI is InChI=1S/C15H19Cl2N3S/c1-21-15(5-3-2-4-6-15)9-20-13-8-11(17)10(16)7-12(13)19-14(20)18/h7-8H,2-6,9H2,1H3,(H2,18,19). The minimum absolute atomic E-state index is 0.256. The number of thioether (sulfide) groups is 1. The number of nitrogens with two attached hydrogens (primary N) is 1. The number of nitrogens with zero attached hydrogens (tertiary/aromatic N) is 2. The molecule has 0 unspecified atom stereocenters. The Kier molecular flexibility index (Phi) is 4.30. The second kappa shape index (κ2) is 5.90. The minimum Gasteiger partial charge on any atom is -0.369 e. The number of hydrogen-bond acceptors (Lipinski definition) is 3. The molecular weight excluding hydrogens is 325 g/mol. The molecule has 1 aliphatic rings. The lowest BCUT2D eigenvalue weighted by Crippen LogP contribution is -2.33. The van der Waals surface area contributed by atoms with E-state index in [4.69, 9.17) is 28.9 Å². The maximum Gasteiger partial charge on any atom is 0.201 e. The zero-order valence-corrected chi connectivity index (χ0v) is 14.4. The normalized spacial score (nSPS) is 18.2. The first-order valence-corrected chi connectivity index (χ1v) is 9.19. The van der Waals surface area contributed by atoms with E-state index in [0.29, 0.717) is 16.0 Å². The highest BCUT2D eigenvalue weighted by Gasteiger charge is 2.32.